The molecule has 2 aliphatic rings. The molecule has 2 aromatic rings. The smallest absolute Gasteiger partial charge is 0.407 e. The van der Waals surface area contributed by atoms with Crippen LogP contribution in [0.25, 0.3) is 0 Å². The zero-order valence-corrected chi connectivity index (χ0v) is 20.4. The lowest BCUT2D eigenvalue weighted by Gasteiger charge is -2.39. The molecule has 0 radical (unpaired) electrons. The van der Waals surface area contributed by atoms with Crippen LogP contribution in [0.4, 0.5) is 9.18 Å². The second-order valence-electron chi connectivity index (χ2n) is 10.3. The number of carbonyl (C=O) groups is 1. The monoisotopic (exact) mass is 481 g/mol. The van der Waals surface area contributed by atoms with Gasteiger partial charge in [-0.15, -0.1) is 0 Å². The summed E-state index contributed by atoms with van der Waals surface area (Å²) in [6, 6.07) is 8.67. The minimum atomic E-state index is -0.547. The Morgan fingerprint density at radius 1 is 1.20 bits per heavy atom. The molecule has 8 nitrogen and oxygen atoms in total. The quantitative estimate of drug-likeness (QED) is 0.684. The van der Waals surface area contributed by atoms with E-state index in [1.165, 1.54) is 24.5 Å². The molecule has 1 N–H and O–H groups in total. The fourth-order valence-electron chi connectivity index (χ4n) is 5.00. The third-order valence-electron chi connectivity index (χ3n) is 6.47. The first-order valence-corrected chi connectivity index (χ1v) is 12.1. The molecular weight excluding hydrogens is 449 g/mol. The van der Waals surface area contributed by atoms with Crippen molar-refractivity contribution in [2.75, 3.05) is 13.1 Å². The Morgan fingerprint density at radius 2 is 1.91 bits per heavy atom. The number of carbonyl (C=O) groups excluding carboxylic acids is 1. The van der Waals surface area contributed by atoms with Gasteiger partial charge in [0.05, 0.1) is 12.4 Å². The molecule has 1 saturated carbocycles. The van der Waals surface area contributed by atoms with Gasteiger partial charge >= 0.3 is 6.09 Å². The van der Waals surface area contributed by atoms with Gasteiger partial charge in [-0.25, -0.2) is 19.2 Å². The van der Waals surface area contributed by atoms with Gasteiger partial charge in [0.25, 0.3) is 0 Å². The number of alkyl carbamates (subject to hydrolysis) is 1. The highest BCUT2D eigenvalue weighted by Crippen LogP contribution is 2.40. The molecule has 1 saturated heterocycles. The van der Waals surface area contributed by atoms with E-state index in [2.05, 4.69) is 20.2 Å². The molecule has 3 unspecified atom stereocenters. The molecule has 2 heterocycles. The van der Waals surface area contributed by atoms with Crippen molar-refractivity contribution < 1.29 is 18.7 Å². The van der Waals surface area contributed by atoms with Crippen molar-refractivity contribution in [1.29, 1.82) is 5.26 Å². The number of aromatic nitrogens is 2. The molecular formula is C26H32FN5O3. The van der Waals surface area contributed by atoms with Gasteiger partial charge < -0.3 is 14.8 Å². The summed E-state index contributed by atoms with van der Waals surface area (Å²) in [5.74, 6) is 0.567. The van der Waals surface area contributed by atoms with Gasteiger partial charge in [0.15, 0.2) is 5.75 Å². The molecule has 0 spiro atoms. The topological polar surface area (TPSA) is 100 Å². The van der Waals surface area contributed by atoms with E-state index in [4.69, 9.17) is 14.7 Å². The first-order chi connectivity index (χ1) is 16.7. The van der Waals surface area contributed by atoms with Crippen LogP contribution in [0.5, 0.6) is 5.75 Å². The summed E-state index contributed by atoms with van der Waals surface area (Å²) in [7, 11) is 0. The van der Waals surface area contributed by atoms with Gasteiger partial charge in [0, 0.05) is 18.6 Å². The zero-order chi connectivity index (χ0) is 25.0. The summed E-state index contributed by atoms with van der Waals surface area (Å²) in [6.07, 6.45) is 5.96. The highest BCUT2D eigenvalue weighted by Gasteiger charge is 2.41. The maximum Gasteiger partial charge on any atom is 0.407 e. The van der Waals surface area contributed by atoms with Crippen molar-refractivity contribution in [3.63, 3.8) is 0 Å². The molecule has 35 heavy (non-hydrogen) atoms. The standard InChI is InChI=1S/C26H32FN5O3/c1-26(2,3)35-25(33)31-20-5-4-10-32(16-20)22-11-18(17-6-8-19(27)9-7-17)12-23(22)34-21-14-29-24(13-28)30-15-21/h6-9,14-15,18,20,22-23H,4-5,10-12,16H2,1-3H3,(H,31,33)/t18?,20-,22?,23?/m1/s1. The van der Waals surface area contributed by atoms with E-state index in [0.29, 0.717) is 12.3 Å². The van der Waals surface area contributed by atoms with Crippen molar-refractivity contribution in [2.45, 2.75) is 76.2 Å². The number of nitriles is 1. The molecule has 4 atom stereocenters. The van der Waals surface area contributed by atoms with Crippen molar-refractivity contribution in [2.24, 2.45) is 0 Å². The Labute approximate surface area is 205 Å². The predicted octanol–water partition coefficient (Wildman–Crippen LogP) is 4.17. The van der Waals surface area contributed by atoms with Gasteiger partial charge in [-0.3, -0.25) is 4.90 Å². The zero-order valence-electron chi connectivity index (χ0n) is 20.4. The maximum absolute atomic E-state index is 13.5. The first-order valence-electron chi connectivity index (χ1n) is 12.1. The van der Waals surface area contributed by atoms with Crippen LogP contribution < -0.4 is 10.1 Å². The van der Waals surface area contributed by atoms with Crippen LogP contribution >= 0.6 is 0 Å². The van der Waals surface area contributed by atoms with Crippen molar-refractivity contribution in [1.82, 2.24) is 20.2 Å². The minimum absolute atomic E-state index is 0.0117. The van der Waals surface area contributed by atoms with Crippen LogP contribution in [0.3, 0.4) is 0 Å². The average molecular weight is 482 g/mol. The summed E-state index contributed by atoms with van der Waals surface area (Å²) < 4.78 is 25.3. The molecule has 9 heteroatoms. The predicted molar refractivity (Wildman–Crippen MR) is 127 cm³/mol. The fourth-order valence-corrected chi connectivity index (χ4v) is 5.00. The number of halogens is 1. The summed E-state index contributed by atoms with van der Waals surface area (Å²) >= 11 is 0. The van der Waals surface area contributed by atoms with Gasteiger partial charge in [-0.2, -0.15) is 5.26 Å². The Bertz CT molecular complexity index is 1050. The Hall–Kier alpha value is -3.25. The SMILES string of the molecule is CC(C)(C)OC(=O)N[C@@H]1CCCN(C2CC(c3ccc(F)cc3)CC2Oc2cnc(C#N)nc2)C1. The number of benzene rings is 1. The van der Waals surface area contributed by atoms with Crippen LogP contribution in [-0.4, -0.2) is 57.8 Å². The summed E-state index contributed by atoms with van der Waals surface area (Å²) in [6.45, 7) is 7.15. The highest BCUT2D eigenvalue weighted by atomic mass is 19.1. The maximum atomic E-state index is 13.5. The van der Waals surface area contributed by atoms with Gasteiger partial charge in [-0.1, -0.05) is 12.1 Å². The Morgan fingerprint density at radius 3 is 2.57 bits per heavy atom. The van der Waals surface area contributed by atoms with E-state index in [1.807, 2.05) is 39.0 Å². The molecule has 1 aliphatic heterocycles. The van der Waals surface area contributed by atoms with Crippen LogP contribution in [0, 0.1) is 17.1 Å². The number of amides is 1. The molecule has 1 aliphatic carbocycles. The lowest BCUT2D eigenvalue weighted by atomic mass is 9.97. The number of nitrogens with one attached hydrogen (secondary N) is 1. The molecule has 1 aromatic heterocycles. The second kappa shape index (κ2) is 10.6. The summed E-state index contributed by atoms with van der Waals surface area (Å²) in [5, 5.41) is 12.0. The van der Waals surface area contributed by atoms with Crippen LogP contribution in [-0.2, 0) is 4.74 Å². The van der Waals surface area contributed by atoms with Crippen LogP contribution in [0.15, 0.2) is 36.7 Å². The van der Waals surface area contributed by atoms with Crippen LogP contribution in [0.1, 0.15) is 63.8 Å². The van der Waals surface area contributed by atoms with Crippen molar-refractivity contribution in [3.05, 3.63) is 53.9 Å². The molecule has 1 aromatic carbocycles. The van der Waals surface area contributed by atoms with E-state index in [1.54, 1.807) is 0 Å². The number of hydrogen-bond acceptors (Lipinski definition) is 7. The third-order valence-corrected chi connectivity index (χ3v) is 6.47. The number of hydrogen-bond donors (Lipinski definition) is 1. The van der Waals surface area contributed by atoms with E-state index >= 15 is 0 Å². The lowest BCUT2D eigenvalue weighted by molar-refractivity contribution is 0.0388. The molecule has 1 amide bonds. The van der Waals surface area contributed by atoms with Crippen molar-refractivity contribution >= 4 is 6.09 Å². The van der Waals surface area contributed by atoms with Gasteiger partial charge in [0.1, 0.15) is 23.6 Å². The number of piperidine rings is 1. The lowest BCUT2D eigenvalue weighted by Crippen LogP contribution is -2.54. The van der Waals surface area contributed by atoms with Gasteiger partial charge in [-0.05, 0) is 76.6 Å². The van der Waals surface area contributed by atoms with Crippen LogP contribution in [0.2, 0.25) is 0 Å². The molecule has 4 rings (SSSR count). The largest absolute Gasteiger partial charge is 0.486 e. The normalized spacial score (nSPS) is 25.0. The highest BCUT2D eigenvalue weighted by molar-refractivity contribution is 5.68. The van der Waals surface area contributed by atoms with E-state index in [-0.39, 0.29) is 35.7 Å². The van der Waals surface area contributed by atoms with Gasteiger partial charge in [0.2, 0.25) is 5.82 Å². The average Bonchev–Trinajstić information content (AvgIpc) is 3.22. The van der Waals surface area contributed by atoms with E-state index in [9.17, 15) is 9.18 Å². The summed E-state index contributed by atoms with van der Waals surface area (Å²) in [4.78, 5) is 22.8. The van der Waals surface area contributed by atoms with Crippen molar-refractivity contribution in [3.8, 4) is 11.8 Å². The number of ether oxygens (including phenoxy) is 2. The van der Waals surface area contributed by atoms with E-state index < -0.39 is 11.7 Å². The molecule has 186 valence electrons. The number of rotatable bonds is 5. The van der Waals surface area contributed by atoms with E-state index in [0.717, 1.165) is 37.8 Å². The first kappa shape index (κ1) is 24.9. The second-order valence-corrected chi connectivity index (χ2v) is 10.3. The number of likely N-dealkylation sites (tertiary alicyclic amines) is 1. The number of nitrogens with zero attached hydrogens (tertiary/aromatic N) is 4. The third kappa shape index (κ3) is 6.67. The Kier molecular flexibility index (Phi) is 7.51. The summed E-state index contributed by atoms with van der Waals surface area (Å²) in [5.41, 5.74) is 0.535. The minimum Gasteiger partial charge on any atom is -0.486 e. The fraction of sp³-hybridized carbons (Fsp3) is 0.538. The Balaban J connectivity index is 1.48. The molecule has 2 fully saturated rings. The molecule has 0 bridgehead atoms.